The molecule has 0 saturated heterocycles. The van der Waals surface area contributed by atoms with Gasteiger partial charge in [-0.15, -0.1) is 0 Å². The van der Waals surface area contributed by atoms with Crippen molar-refractivity contribution in [2.24, 2.45) is 11.8 Å². The summed E-state index contributed by atoms with van der Waals surface area (Å²) < 4.78 is 5.50. The molecule has 1 aliphatic rings. The Bertz CT molecular complexity index is 241. The van der Waals surface area contributed by atoms with Gasteiger partial charge < -0.3 is 14.9 Å². The molecule has 0 radical (unpaired) electrons. The standard InChI is InChI=1S/C11H18O3/c1-8(2)7-14-11-4-9(6-12)3-10(13)5-11/h3,5,8-9,12-13H,4,6-7H2,1-2H3. The second kappa shape index (κ2) is 5.05. The largest absolute Gasteiger partial charge is 0.508 e. The van der Waals surface area contributed by atoms with Gasteiger partial charge in [-0.2, -0.15) is 0 Å². The third-order valence-electron chi connectivity index (χ3n) is 2.02. The van der Waals surface area contributed by atoms with Crippen LogP contribution in [0, 0.1) is 11.8 Å². The van der Waals surface area contributed by atoms with Crippen LogP contribution in [-0.4, -0.2) is 23.4 Å². The molecule has 2 N–H and O–H groups in total. The highest BCUT2D eigenvalue weighted by Crippen LogP contribution is 2.22. The zero-order chi connectivity index (χ0) is 10.6. The van der Waals surface area contributed by atoms with Gasteiger partial charge in [-0.05, 0) is 12.0 Å². The van der Waals surface area contributed by atoms with Crippen LogP contribution in [0.2, 0.25) is 0 Å². The van der Waals surface area contributed by atoms with Crippen LogP contribution in [0.25, 0.3) is 0 Å². The second-order valence-electron chi connectivity index (χ2n) is 4.05. The molecule has 1 unspecified atom stereocenters. The van der Waals surface area contributed by atoms with E-state index in [0.717, 1.165) is 5.76 Å². The van der Waals surface area contributed by atoms with Gasteiger partial charge in [0.25, 0.3) is 0 Å². The predicted molar refractivity (Wildman–Crippen MR) is 54.8 cm³/mol. The molecule has 1 aliphatic carbocycles. The molecule has 14 heavy (non-hydrogen) atoms. The Kier molecular flexibility index (Phi) is 4.01. The highest BCUT2D eigenvalue weighted by Gasteiger charge is 2.15. The maximum atomic E-state index is 9.34. The number of allylic oxidation sites excluding steroid dienone is 2. The molecule has 3 nitrogen and oxygen atoms in total. The number of hydrogen-bond donors (Lipinski definition) is 2. The molecule has 0 aromatic heterocycles. The maximum Gasteiger partial charge on any atom is 0.115 e. The molecule has 0 aromatic carbocycles. The molecule has 0 aromatic rings. The summed E-state index contributed by atoms with van der Waals surface area (Å²) >= 11 is 0. The first-order chi connectivity index (χ1) is 6.61. The first kappa shape index (κ1) is 11.1. The molecule has 0 saturated carbocycles. The van der Waals surface area contributed by atoms with Crippen LogP contribution in [0.3, 0.4) is 0 Å². The zero-order valence-electron chi connectivity index (χ0n) is 8.73. The fourth-order valence-corrected chi connectivity index (χ4v) is 1.32. The van der Waals surface area contributed by atoms with E-state index in [1.165, 1.54) is 0 Å². The molecule has 0 amide bonds. The molecular weight excluding hydrogens is 180 g/mol. The smallest absolute Gasteiger partial charge is 0.115 e. The van der Waals surface area contributed by atoms with Crippen LogP contribution in [0.1, 0.15) is 20.3 Å². The summed E-state index contributed by atoms with van der Waals surface area (Å²) in [7, 11) is 0. The van der Waals surface area contributed by atoms with Crippen LogP contribution < -0.4 is 0 Å². The normalized spacial score (nSPS) is 21.9. The van der Waals surface area contributed by atoms with Gasteiger partial charge in [0.2, 0.25) is 0 Å². The van der Waals surface area contributed by atoms with E-state index in [1.807, 2.05) is 0 Å². The van der Waals surface area contributed by atoms with Gasteiger partial charge >= 0.3 is 0 Å². The summed E-state index contributed by atoms with van der Waals surface area (Å²) in [6.07, 6.45) is 3.95. The summed E-state index contributed by atoms with van der Waals surface area (Å²) in [5.41, 5.74) is 0. The average Bonchev–Trinajstić information content (AvgIpc) is 2.14. The summed E-state index contributed by atoms with van der Waals surface area (Å²) in [4.78, 5) is 0. The first-order valence-corrected chi connectivity index (χ1v) is 4.96. The van der Waals surface area contributed by atoms with E-state index in [4.69, 9.17) is 9.84 Å². The number of rotatable bonds is 4. The van der Waals surface area contributed by atoms with Crippen molar-refractivity contribution in [3.63, 3.8) is 0 Å². The van der Waals surface area contributed by atoms with Gasteiger partial charge in [-0.3, -0.25) is 0 Å². The Morgan fingerprint density at radius 3 is 2.86 bits per heavy atom. The van der Waals surface area contributed by atoms with Crippen LogP contribution >= 0.6 is 0 Å². The van der Waals surface area contributed by atoms with Crippen LogP contribution in [0.4, 0.5) is 0 Å². The monoisotopic (exact) mass is 198 g/mol. The van der Waals surface area contributed by atoms with Gasteiger partial charge in [0.05, 0.1) is 6.61 Å². The quantitative estimate of drug-likeness (QED) is 0.726. The number of ether oxygens (including phenoxy) is 1. The van der Waals surface area contributed by atoms with Gasteiger partial charge in [0, 0.05) is 25.0 Å². The van der Waals surface area contributed by atoms with E-state index in [1.54, 1.807) is 12.2 Å². The summed E-state index contributed by atoms with van der Waals surface area (Å²) in [5, 5.41) is 18.3. The Hall–Kier alpha value is -0.960. The van der Waals surface area contributed by atoms with Crippen molar-refractivity contribution in [1.29, 1.82) is 0 Å². The molecule has 80 valence electrons. The van der Waals surface area contributed by atoms with E-state index in [-0.39, 0.29) is 18.3 Å². The van der Waals surface area contributed by atoms with Crippen molar-refractivity contribution >= 4 is 0 Å². The molecule has 0 aliphatic heterocycles. The van der Waals surface area contributed by atoms with Gasteiger partial charge in [-0.25, -0.2) is 0 Å². The van der Waals surface area contributed by atoms with Crippen molar-refractivity contribution in [2.75, 3.05) is 13.2 Å². The van der Waals surface area contributed by atoms with Crippen molar-refractivity contribution in [3.05, 3.63) is 23.7 Å². The fourth-order valence-electron chi connectivity index (χ4n) is 1.32. The van der Waals surface area contributed by atoms with Crippen LogP contribution in [0.15, 0.2) is 23.7 Å². The average molecular weight is 198 g/mol. The lowest BCUT2D eigenvalue weighted by Crippen LogP contribution is -2.12. The molecule has 0 heterocycles. The van der Waals surface area contributed by atoms with E-state index in [0.29, 0.717) is 18.9 Å². The van der Waals surface area contributed by atoms with Gasteiger partial charge in [-0.1, -0.05) is 13.8 Å². The minimum absolute atomic E-state index is 0.0119. The van der Waals surface area contributed by atoms with Crippen molar-refractivity contribution in [2.45, 2.75) is 20.3 Å². The van der Waals surface area contributed by atoms with E-state index in [2.05, 4.69) is 13.8 Å². The van der Waals surface area contributed by atoms with E-state index >= 15 is 0 Å². The molecule has 0 fully saturated rings. The van der Waals surface area contributed by atoms with E-state index < -0.39 is 0 Å². The Morgan fingerprint density at radius 2 is 2.29 bits per heavy atom. The Morgan fingerprint density at radius 1 is 1.57 bits per heavy atom. The predicted octanol–water partition coefficient (Wildman–Crippen LogP) is 2.00. The minimum Gasteiger partial charge on any atom is -0.508 e. The first-order valence-electron chi connectivity index (χ1n) is 4.96. The van der Waals surface area contributed by atoms with Crippen LogP contribution in [0.5, 0.6) is 0 Å². The van der Waals surface area contributed by atoms with Crippen LogP contribution in [-0.2, 0) is 4.74 Å². The third-order valence-corrected chi connectivity index (χ3v) is 2.02. The number of aliphatic hydroxyl groups excluding tert-OH is 2. The lowest BCUT2D eigenvalue weighted by atomic mass is 9.99. The number of aliphatic hydroxyl groups is 2. The van der Waals surface area contributed by atoms with Gasteiger partial charge in [0.1, 0.15) is 11.5 Å². The highest BCUT2D eigenvalue weighted by molar-refractivity contribution is 5.21. The van der Waals surface area contributed by atoms with E-state index in [9.17, 15) is 5.11 Å². The summed E-state index contributed by atoms with van der Waals surface area (Å²) in [5.74, 6) is 1.41. The number of hydrogen-bond acceptors (Lipinski definition) is 3. The topological polar surface area (TPSA) is 49.7 Å². The Labute approximate surface area is 84.7 Å². The molecule has 1 atom stereocenters. The molecule has 0 spiro atoms. The lowest BCUT2D eigenvalue weighted by molar-refractivity contribution is 0.150. The molecule has 0 bridgehead atoms. The van der Waals surface area contributed by atoms with Crippen molar-refractivity contribution in [3.8, 4) is 0 Å². The highest BCUT2D eigenvalue weighted by atomic mass is 16.5. The molecule has 3 heteroatoms. The Balaban J connectivity index is 2.49. The van der Waals surface area contributed by atoms with Crippen molar-refractivity contribution in [1.82, 2.24) is 0 Å². The summed E-state index contributed by atoms with van der Waals surface area (Å²) in [6, 6.07) is 0. The zero-order valence-corrected chi connectivity index (χ0v) is 8.73. The lowest BCUT2D eigenvalue weighted by Gasteiger charge is -2.19. The summed E-state index contributed by atoms with van der Waals surface area (Å²) in [6.45, 7) is 4.84. The van der Waals surface area contributed by atoms with Gasteiger partial charge in [0.15, 0.2) is 0 Å². The molecule has 1 rings (SSSR count). The SMILES string of the molecule is CC(C)COC1=CC(O)=CC(CO)C1. The minimum atomic E-state index is -0.0119. The maximum absolute atomic E-state index is 9.34. The van der Waals surface area contributed by atoms with Crippen molar-refractivity contribution < 1.29 is 14.9 Å². The molecular formula is C11H18O3. The third kappa shape index (κ3) is 3.42. The fraction of sp³-hybridized carbons (Fsp3) is 0.636. The second-order valence-corrected chi connectivity index (χ2v) is 4.05.